The van der Waals surface area contributed by atoms with Crippen LogP contribution in [0.4, 0.5) is 5.95 Å². The smallest absolute Gasteiger partial charge is 0.207 e. The SMILES string of the molecule is CNc1nccn1-c1ccccc1C. The highest BCUT2D eigenvalue weighted by Gasteiger charge is 2.03. The highest BCUT2D eigenvalue weighted by Crippen LogP contribution is 2.17. The molecule has 1 aromatic heterocycles. The molecule has 3 heteroatoms. The molecule has 3 nitrogen and oxygen atoms in total. The Morgan fingerprint density at radius 1 is 1.29 bits per heavy atom. The van der Waals surface area contributed by atoms with Crippen LogP contribution in [-0.2, 0) is 0 Å². The third-order valence-electron chi connectivity index (χ3n) is 2.24. The van der Waals surface area contributed by atoms with Crippen molar-refractivity contribution in [2.45, 2.75) is 6.92 Å². The molecule has 0 fully saturated rings. The predicted molar refractivity (Wildman–Crippen MR) is 57.8 cm³/mol. The lowest BCUT2D eigenvalue weighted by Gasteiger charge is -2.09. The Balaban J connectivity index is 2.54. The molecule has 14 heavy (non-hydrogen) atoms. The fraction of sp³-hybridized carbons (Fsp3) is 0.182. The third kappa shape index (κ3) is 1.37. The second-order valence-corrected chi connectivity index (χ2v) is 3.16. The van der Waals surface area contributed by atoms with Crippen molar-refractivity contribution in [1.29, 1.82) is 0 Å². The van der Waals surface area contributed by atoms with Gasteiger partial charge in [-0.1, -0.05) is 18.2 Å². The van der Waals surface area contributed by atoms with Gasteiger partial charge in [0.05, 0.1) is 5.69 Å². The van der Waals surface area contributed by atoms with Crippen molar-refractivity contribution in [3.8, 4) is 5.69 Å². The van der Waals surface area contributed by atoms with Crippen LogP contribution in [0.2, 0.25) is 0 Å². The molecule has 1 heterocycles. The minimum absolute atomic E-state index is 0.860. The van der Waals surface area contributed by atoms with Gasteiger partial charge < -0.3 is 5.32 Å². The average Bonchev–Trinajstić information content (AvgIpc) is 2.66. The van der Waals surface area contributed by atoms with Gasteiger partial charge in [-0.25, -0.2) is 4.98 Å². The Morgan fingerprint density at radius 3 is 2.79 bits per heavy atom. The van der Waals surface area contributed by atoms with Crippen LogP contribution in [0.1, 0.15) is 5.56 Å². The topological polar surface area (TPSA) is 29.9 Å². The Hall–Kier alpha value is -1.77. The molecule has 0 aliphatic heterocycles. The number of nitrogens with zero attached hydrogens (tertiary/aromatic N) is 2. The monoisotopic (exact) mass is 187 g/mol. The van der Waals surface area contributed by atoms with Gasteiger partial charge in [0.25, 0.3) is 0 Å². The van der Waals surface area contributed by atoms with E-state index in [-0.39, 0.29) is 0 Å². The second kappa shape index (κ2) is 3.54. The Kier molecular flexibility index (Phi) is 2.23. The highest BCUT2D eigenvalue weighted by molar-refractivity contribution is 5.46. The van der Waals surface area contributed by atoms with E-state index >= 15 is 0 Å². The maximum absolute atomic E-state index is 4.20. The molecule has 72 valence electrons. The van der Waals surface area contributed by atoms with Crippen molar-refractivity contribution in [2.24, 2.45) is 0 Å². The predicted octanol–water partition coefficient (Wildman–Crippen LogP) is 2.22. The van der Waals surface area contributed by atoms with Crippen molar-refractivity contribution in [3.05, 3.63) is 42.2 Å². The fourth-order valence-corrected chi connectivity index (χ4v) is 1.52. The summed E-state index contributed by atoms with van der Waals surface area (Å²) in [6.07, 6.45) is 3.74. The van der Waals surface area contributed by atoms with E-state index < -0.39 is 0 Å². The molecule has 0 amide bonds. The summed E-state index contributed by atoms with van der Waals surface area (Å²) in [5, 5.41) is 3.05. The van der Waals surface area contributed by atoms with Crippen LogP contribution in [0.15, 0.2) is 36.7 Å². The number of rotatable bonds is 2. The number of hydrogen-bond acceptors (Lipinski definition) is 2. The maximum Gasteiger partial charge on any atom is 0.207 e. The lowest BCUT2D eigenvalue weighted by atomic mass is 10.2. The van der Waals surface area contributed by atoms with E-state index in [1.807, 2.05) is 29.9 Å². The van der Waals surface area contributed by atoms with Crippen LogP contribution >= 0.6 is 0 Å². The van der Waals surface area contributed by atoms with Crippen molar-refractivity contribution in [2.75, 3.05) is 12.4 Å². The van der Waals surface area contributed by atoms with Crippen molar-refractivity contribution < 1.29 is 0 Å². The molecule has 2 rings (SSSR count). The summed E-state index contributed by atoms with van der Waals surface area (Å²) in [7, 11) is 1.87. The molecule has 2 aromatic rings. The van der Waals surface area contributed by atoms with Crippen molar-refractivity contribution in [1.82, 2.24) is 9.55 Å². The number of aromatic nitrogens is 2. The minimum Gasteiger partial charge on any atom is -0.358 e. The Morgan fingerprint density at radius 2 is 2.07 bits per heavy atom. The summed E-state index contributed by atoms with van der Waals surface area (Å²) in [4.78, 5) is 4.20. The quantitative estimate of drug-likeness (QED) is 0.781. The average molecular weight is 187 g/mol. The fourth-order valence-electron chi connectivity index (χ4n) is 1.52. The Labute approximate surface area is 83.4 Å². The van der Waals surface area contributed by atoms with Gasteiger partial charge in [-0.2, -0.15) is 0 Å². The normalized spacial score (nSPS) is 10.1. The van der Waals surface area contributed by atoms with Crippen LogP contribution < -0.4 is 5.32 Å². The number of imidazole rings is 1. The molecule has 0 aliphatic carbocycles. The minimum atomic E-state index is 0.860. The summed E-state index contributed by atoms with van der Waals surface area (Å²) in [5.74, 6) is 0.860. The van der Waals surface area contributed by atoms with Gasteiger partial charge in [-0.3, -0.25) is 4.57 Å². The van der Waals surface area contributed by atoms with Gasteiger partial charge >= 0.3 is 0 Å². The molecule has 0 atom stereocenters. The zero-order valence-corrected chi connectivity index (χ0v) is 8.36. The number of benzene rings is 1. The van der Waals surface area contributed by atoms with Crippen LogP contribution in [0.5, 0.6) is 0 Å². The first-order chi connectivity index (χ1) is 6.83. The summed E-state index contributed by atoms with van der Waals surface area (Å²) in [6, 6.07) is 8.24. The zero-order chi connectivity index (χ0) is 9.97. The van der Waals surface area contributed by atoms with E-state index in [1.165, 1.54) is 5.56 Å². The van der Waals surface area contributed by atoms with Gasteiger partial charge in [-0.05, 0) is 18.6 Å². The van der Waals surface area contributed by atoms with E-state index in [1.54, 1.807) is 6.20 Å². The number of para-hydroxylation sites is 1. The zero-order valence-electron chi connectivity index (χ0n) is 8.36. The first kappa shape index (κ1) is 8.81. The van der Waals surface area contributed by atoms with E-state index in [9.17, 15) is 0 Å². The van der Waals surface area contributed by atoms with E-state index in [4.69, 9.17) is 0 Å². The second-order valence-electron chi connectivity index (χ2n) is 3.16. The van der Waals surface area contributed by atoms with Crippen LogP contribution in [0.25, 0.3) is 5.69 Å². The Bertz CT molecular complexity index is 432. The molecule has 0 spiro atoms. The van der Waals surface area contributed by atoms with E-state index in [0.29, 0.717) is 0 Å². The molecular weight excluding hydrogens is 174 g/mol. The highest BCUT2D eigenvalue weighted by atomic mass is 15.2. The molecule has 1 N–H and O–H groups in total. The van der Waals surface area contributed by atoms with Crippen LogP contribution in [-0.4, -0.2) is 16.6 Å². The van der Waals surface area contributed by atoms with Gasteiger partial charge in [0.1, 0.15) is 0 Å². The molecule has 0 saturated heterocycles. The van der Waals surface area contributed by atoms with Gasteiger partial charge in [0.15, 0.2) is 0 Å². The maximum atomic E-state index is 4.20. The molecule has 0 unspecified atom stereocenters. The molecule has 1 aromatic carbocycles. The molecule has 0 aliphatic rings. The van der Waals surface area contributed by atoms with E-state index in [0.717, 1.165) is 11.6 Å². The van der Waals surface area contributed by atoms with Gasteiger partial charge in [0, 0.05) is 19.4 Å². The van der Waals surface area contributed by atoms with Crippen LogP contribution in [0, 0.1) is 6.92 Å². The standard InChI is InChI=1S/C11H13N3/c1-9-5-3-4-6-10(9)14-8-7-13-11(14)12-2/h3-8H,1-2H3,(H,12,13). The summed E-state index contributed by atoms with van der Waals surface area (Å²) in [5.41, 5.74) is 2.40. The number of anilines is 1. The molecule has 0 radical (unpaired) electrons. The third-order valence-corrected chi connectivity index (χ3v) is 2.24. The number of nitrogens with one attached hydrogen (secondary N) is 1. The van der Waals surface area contributed by atoms with Gasteiger partial charge in [0.2, 0.25) is 5.95 Å². The van der Waals surface area contributed by atoms with E-state index in [2.05, 4.69) is 29.4 Å². The number of hydrogen-bond donors (Lipinski definition) is 1. The summed E-state index contributed by atoms with van der Waals surface area (Å²) < 4.78 is 2.04. The van der Waals surface area contributed by atoms with Crippen LogP contribution in [0.3, 0.4) is 0 Å². The largest absolute Gasteiger partial charge is 0.358 e. The summed E-state index contributed by atoms with van der Waals surface area (Å²) in [6.45, 7) is 2.09. The molecular formula is C11H13N3. The van der Waals surface area contributed by atoms with Gasteiger partial charge in [-0.15, -0.1) is 0 Å². The molecule has 0 saturated carbocycles. The van der Waals surface area contributed by atoms with Crippen molar-refractivity contribution in [3.63, 3.8) is 0 Å². The first-order valence-corrected chi connectivity index (χ1v) is 4.60. The lowest BCUT2D eigenvalue weighted by Crippen LogP contribution is -2.01. The number of aryl methyl sites for hydroxylation is 1. The van der Waals surface area contributed by atoms with Crippen molar-refractivity contribution >= 4 is 5.95 Å². The summed E-state index contributed by atoms with van der Waals surface area (Å²) >= 11 is 0. The lowest BCUT2D eigenvalue weighted by molar-refractivity contribution is 1.04. The first-order valence-electron chi connectivity index (χ1n) is 4.60. The molecule has 0 bridgehead atoms.